The van der Waals surface area contributed by atoms with E-state index in [1.54, 1.807) is 0 Å². The topological polar surface area (TPSA) is 83.8 Å². The van der Waals surface area contributed by atoms with Gasteiger partial charge in [0.25, 0.3) is 0 Å². The second-order valence-corrected chi connectivity index (χ2v) is 8.03. The largest absolute Gasteiger partial charge is 0.368 e. The molecule has 8 nitrogen and oxygen atoms in total. The number of anilines is 3. The van der Waals surface area contributed by atoms with E-state index in [1.807, 2.05) is 30.9 Å². The summed E-state index contributed by atoms with van der Waals surface area (Å²) in [4.78, 5) is 20.8. The van der Waals surface area contributed by atoms with Gasteiger partial charge in [-0.05, 0) is 44.5 Å². The molecular formula is C22H26N8. The molecule has 1 saturated heterocycles. The van der Waals surface area contributed by atoms with Crippen molar-refractivity contribution in [3.05, 3.63) is 42.5 Å². The van der Waals surface area contributed by atoms with Gasteiger partial charge in [-0.15, -0.1) is 0 Å². The number of hydrogen-bond donors (Lipinski definition) is 2. The molecule has 0 aliphatic carbocycles. The van der Waals surface area contributed by atoms with Crippen molar-refractivity contribution in [1.29, 1.82) is 0 Å². The zero-order valence-electron chi connectivity index (χ0n) is 17.6. The van der Waals surface area contributed by atoms with E-state index < -0.39 is 0 Å². The Hall–Kier alpha value is -3.26. The van der Waals surface area contributed by atoms with Crippen molar-refractivity contribution in [1.82, 2.24) is 29.8 Å². The first kappa shape index (κ1) is 18.7. The summed E-state index contributed by atoms with van der Waals surface area (Å²) < 4.78 is 2.15. The van der Waals surface area contributed by atoms with Gasteiger partial charge in [0, 0.05) is 43.8 Å². The average Bonchev–Trinajstić information content (AvgIpc) is 3.20. The number of nitrogens with one attached hydrogen (secondary N) is 2. The first-order valence-electron chi connectivity index (χ1n) is 10.4. The predicted molar refractivity (Wildman–Crippen MR) is 121 cm³/mol. The lowest BCUT2D eigenvalue weighted by Gasteiger charge is -2.30. The number of hydrogen-bond acceptors (Lipinski definition) is 7. The minimum atomic E-state index is 0.300. The molecule has 0 bridgehead atoms. The van der Waals surface area contributed by atoms with E-state index in [2.05, 4.69) is 61.9 Å². The van der Waals surface area contributed by atoms with Gasteiger partial charge in [0.1, 0.15) is 11.3 Å². The molecule has 0 spiro atoms. The highest BCUT2D eigenvalue weighted by Gasteiger charge is 2.15. The first-order chi connectivity index (χ1) is 14.6. The Bertz CT molecular complexity index is 1210. The minimum Gasteiger partial charge on any atom is -0.368 e. The second-order valence-electron chi connectivity index (χ2n) is 8.03. The predicted octanol–water partition coefficient (Wildman–Crippen LogP) is 3.42. The van der Waals surface area contributed by atoms with E-state index >= 15 is 0 Å². The van der Waals surface area contributed by atoms with Crippen molar-refractivity contribution in [2.45, 2.75) is 26.8 Å². The Morgan fingerprint density at radius 3 is 2.67 bits per heavy atom. The van der Waals surface area contributed by atoms with Gasteiger partial charge in [-0.1, -0.05) is 0 Å². The number of pyridine rings is 1. The van der Waals surface area contributed by atoms with E-state index in [4.69, 9.17) is 4.98 Å². The fourth-order valence-corrected chi connectivity index (χ4v) is 4.03. The summed E-state index contributed by atoms with van der Waals surface area (Å²) in [6.07, 6.45) is 5.67. The zero-order chi connectivity index (χ0) is 20.7. The third kappa shape index (κ3) is 3.33. The molecule has 1 aromatic carbocycles. The summed E-state index contributed by atoms with van der Waals surface area (Å²) in [6, 6.07) is 6.40. The maximum absolute atomic E-state index is 4.81. The van der Waals surface area contributed by atoms with Crippen molar-refractivity contribution in [3.63, 3.8) is 0 Å². The highest BCUT2D eigenvalue weighted by atomic mass is 15.2. The summed E-state index contributed by atoms with van der Waals surface area (Å²) >= 11 is 0. The number of nitrogens with zero attached hydrogens (tertiary/aromatic N) is 6. The van der Waals surface area contributed by atoms with Gasteiger partial charge in [0.05, 0.1) is 29.2 Å². The lowest BCUT2D eigenvalue weighted by Crippen LogP contribution is -2.43. The quantitative estimate of drug-likeness (QED) is 0.541. The molecule has 8 heteroatoms. The molecule has 0 atom stereocenters. The Balaban J connectivity index is 1.48. The van der Waals surface area contributed by atoms with Crippen molar-refractivity contribution in [3.8, 4) is 0 Å². The van der Waals surface area contributed by atoms with Gasteiger partial charge in [-0.2, -0.15) is 0 Å². The Morgan fingerprint density at radius 2 is 1.90 bits per heavy atom. The van der Waals surface area contributed by atoms with Crippen LogP contribution in [0.3, 0.4) is 0 Å². The number of aryl methyl sites for hydroxylation is 1. The maximum atomic E-state index is 4.81. The van der Waals surface area contributed by atoms with Gasteiger partial charge < -0.3 is 20.1 Å². The summed E-state index contributed by atoms with van der Waals surface area (Å²) in [5.41, 5.74) is 5.24. The first-order valence-corrected chi connectivity index (χ1v) is 10.4. The molecule has 3 aromatic heterocycles. The SMILES string of the molecule is Cc1cc(Nc2ncc3ccc4ncn(C(C)C)c4c3n2)ncc1N1CCNCC1. The van der Waals surface area contributed by atoms with Gasteiger partial charge in [-0.25, -0.2) is 19.9 Å². The third-order valence-electron chi connectivity index (χ3n) is 5.62. The highest BCUT2D eigenvalue weighted by molar-refractivity contribution is 6.02. The molecule has 0 saturated carbocycles. The second kappa shape index (κ2) is 7.53. The summed E-state index contributed by atoms with van der Waals surface area (Å²) in [5, 5.41) is 7.66. The number of rotatable bonds is 4. The Labute approximate surface area is 175 Å². The van der Waals surface area contributed by atoms with Crippen LogP contribution in [0.15, 0.2) is 36.9 Å². The van der Waals surface area contributed by atoms with Crippen LogP contribution in [0.25, 0.3) is 21.9 Å². The van der Waals surface area contributed by atoms with E-state index in [1.165, 1.54) is 11.3 Å². The molecule has 154 valence electrons. The van der Waals surface area contributed by atoms with Crippen LogP contribution in [0.1, 0.15) is 25.5 Å². The molecule has 5 rings (SSSR count). The number of imidazole rings is 1. The molecule has 4 heterocycles. The van der Waals surface area contributed by atoms with Crippen LogP contribution in [-0.4, -0.2) is 50.7 Å². The van der Waals surface area contributed by atoms with Crippen molar-refractivity contribution in [2.75, 3.05) is 36.4 Å². The normalized spacial score (nSPS) is 14.7. The molecule has 0 unspecified atom stereocenters. The van der Waals surface area contributed by atoms with Crippen LogP contribution in [0, 0.1) is 6.92 Å². The van der Waals surface area contributed by atoms with Gasteiger partial charge in [-0.3, -0.25) is 0 Å². The summed E-state index contributed by atoms with van der Waals surface area (Å²) in [7, 11) is 0. The Kier molecular flexibility index (Phi) is 4.71. The summed E-state index contributed by atoms with van der Waals surface area (Å²) in [6.45, 7) is 10.4. The molecule has 0 radical (unpaired) electrons. The molecular weight excluding hydrogens is 376 g/mol. The van der Waals surface area contributed by atoms with Crippen LogP contribution >= 0.6 is 0 Å². The smallest absolute Gasteiger partial charge is 0.228 e. The van der Waals surface area contributed by atoms with Crippen LogP contribution in [0.4, 0.5) is 17.5 Å². The zero-order valence-corrected chi connectivity index (χ0v) is 17.6. The van der Waals surface area contributed by atoms with Crippen LogP contribution in [-0.2, 0) is 0 Å². The maximum Gasteiger partial charge on any atom is 0.228 e. The summed E-state index contributed by atoms with van der Waals surface area (Å²) in [5.74, 6) is 1.28. The fourth-order valence-electron chi connectivity index (χ4n) is 4.03. The molecule has 1 fully saturated rings. The van der Waals surface area contributed by atoms with Gasteiger partial charge >= 0.3 is 0 Å². The van der Waals surface area contributed by atoms with E-state index in [0.717, 1.165) is 53.9 Å². The van der Waals surface area contributed by atoms with E-state index in [9.17, 15) is 0 Å². The van der Waals surface area contributed by atoms with Gasteiger partial charge in [0.2, 0.25) is 5.95 Å². The molecule has 1 aliphatic heterocycles. The highest BCUT2D eigenvalue weighted by Crippen LogP contribution is 2.27. The molecule has 2 N–H and O–H groups in total. The van der Waals surface area contributed by atoms with Gasteiger partial charge in [0.15, 0.2) is 0 Å². The third-order valence-corrected chi connectivity index (χ3v) is 5.62. The average molecular weight is 403 g/mol. The molecule has 30 heavy (non-hydrogen) atoms. The number of piperazine rings is 1. The Morgan fingerprint density at radius 1 is 1.07 bits per heavy atom. The molecule has 0 amide bonds. The van der Waals surface area contributed by atoms with Crippen molar-refractivity contribution < 1.29 is 0 Å². The van der Waals surface area contributed by atoms with E-state index in [-0.39, 0.29) is 0 Å². The monoisotopic (exact) mass is 402 g/mol. The van der Waals surface area contributed by atoms with Crippen molar-refractivity contribution >= 4 is 39.4 Å². The van der Waals surface area contributed by atoms with Crippen molar-refractivity contribution in [2.24, 2.45) is 0 Å². The molecule has 4 aromatic rings. The lowest BCUT2D eigenvalue weighted by atomic mass is 10.2. The lowest BCUT2D eigenvalue weighted by molar-refractivity contribution is 0.588. The number of benzene rings is 1. The minimum absolute atomic E-state index is 0.300. The van der Waals surface area contributed by atoms with E-state index in [0.29, 0.717) is 12.0 Å². The standard InChI is InChI=1S/C22H26N8/c1-14(2)30-13-26-17-5-4-16-11-25-22(28-20(16)21(17)30)27-19-10-15(3)18(12-24-19)29-8-6-23-7-9-29/h4-5,10-14,23H,6-9H2,1-3H3,(H,24,25,27,28). The molecule has 1 aliphatic rings. The number of aromatic nitrogens is 5. The van der Waals surface area contributed by atoms with Crippen LogP contribution < -0.4 is 15.5 Å². The fraction of sp³-hybridized carbons (Fsp3) is 0.364. The van der Waals surface area contributed by atoms with Crippen LogP contribution in [0.2, 0.25) is 0 Å². The van der Waals surface area contributed by atoms with Crippen LogP contribution in [0.5, 0.6) is 0 Å². The number of fused-ring (bicyclic) bond motifs is 3.